The second-order valence-electron chi connectivity index (χ2n) is 4.51. The van der Waals surface area contributed by atoms with Crippen molar-refractivity contribution in [1.29, 1.82) is 0 Å². The first-order valence-corrected chi connectivity index (χ1v) is 5.85. The molecule has 120 valence electrons. The molecule has 0 fully saturated rings. The minimum absolute atomic E-state index is 0.110. The molecule has 3 nitrogen and oxygen atoms in total. The Morgan fingerprint density at radius 2 is 1.60 bits per heavy atom. The average Bonchev–Trinajstić information content (AvgIpc) is 2.20. The summed E-state index contributed by atoms with van der Waals surface area (Å²) in [6, 6.07) is 0. The van der Waals surface area contributed by atoms with Gasteiger partial charge in [0.25, 0.3) is 6.10 Å². The average molecular weight is 310 g/mol. The van der Waals surface area contributed by atoms with Gasteiger partial charge in [-0.3, -0.25) is 0 Å². The molecule has 0 saturated carbocycles. The number of halogens is 6. The topological polar surface area (TPSA) is 35.5 Å². The van der Waals surface area contributed by atoms with Crippen molar-refractivity contribution in [3.63, 3.8) is 0 Å². The van der Waals surface area contributed by atoms with Crippen LogP contribution >= 0.6 is 0 Å². The van der Waals surface area contributed by atoms with Crippen molar-refractivity contribution in [3.8, 4) is 0 Å². The SMILES string of the molecule is CC(C)CCOC(=O)C(OCCC(F)(F)F)C(F)(F)F. The van der Waals surface area contributed by atoms with Crippen LogP contribution in [0.5, 0.6) is 0 Å². The quantitative estimate of drug-likeness (QED) is 0.533. The van der Waals surface area contributed by atoms with Crippen LogP contribution in [0.4, 0.5) is 26.3 Å². The van der Waals surface area contributed by atoms with E-state index < -0.39 is 37.5 Å². The van der Waals surface area contributed by atoms with Gasteiger partial charge in [0, 0.05) is 0 Å². The van der Waals surface area contributed by atoms with Crippen LogP contribution in [-0.4, -0.2) is 37.6 Å². The first-order chi connectivity index (χ1) is 8.93. The third kappa shape index (κ3) is 9.00. The third-order valence-electron chi connectivity index (χ3n) is 2.12. The molecule has 0 rings (SSSR count). The first-order valence-electron chi connectivity index (χ1n) is 5.85. The van der Waals surface area contributed by atoms with E-state index in [0.717, 1.165) is 0 Å². The van der Waals surface area contributed by atoms with Crippen molar-refractivity contribution >= 4 is 5.97 Å². The monoisotopic (exact) mass is 310 g/mol. The van der Waals surface area contributed by atoms with Crippen LogP contribution in [0.2, 0.25) is 0 Å². The Bertz CT molecular complexity index is 298. The molecule has 0 aromatic rings. The summed E-state index contributed by atoms with van der Waals surface area (Å²) in [6.07, 6.45) is -14.0. The summed E-state index contributed by atoms with van der Waals surface area (Å²) in [5.74, 6) is -1.61. The number of hydrogen-bond acceptors (Lipinski definition) is 3. The Morgan fingerprint density at radius 3 is 2.00 bits per heavy atom. The van der Waals surface area contributed by atoms with Crippen molar-refractivity contribution in [2.45, 2.75) is 45.1 Å². The summed E-state index contributed by atoms with van der Waals surface area (Å²) in [5, 5.41) is 0. The van der Waals surface area contributed by atoms with Crippen LogP contribution in [0.25, 0.3) is 0 Å². The minimum Gasteiger partial charge on any atom is -0.464 e. The van der Waals surface area contributed by atoms with Crippen molar-refractivity contribution in [2.75, 3.05) is 13.2 Å². The van der Waals surface area contributed by atoms with Gasteiger partial charge in [-0.05, 0) is 12.3 Å². The number of rotatable bonds is 7. The molecule has 0 amide bonds. The largest absolute Gasteiger partial charge is 0.464 e. The summed E-state index contributed by atoms with van der Waals surface area (Å²) in [6.45, 7) is 2.04. The fraction of sp³-hybridized carbons (Fsp3) is 0.909. The fourth-order valence-corrected chi connectivity index (χ4v) is 1.06. The molecular weight excluding hydrogens is 294 g/mol. The zero-order valence-corrected chi connectivity index (χ0v) is 11.0. The molecule has 9 heteroatoms. The molecule has 20 heavy (non-hydrogen) atoms. The Balaban J connectivity index is 4.38. The Hall–Kier alpha value is -0.990. The normalized spacial score (nSPS) is 14.4. The lowest BCUT2D eigenvalue weighted by Gasteiger charge is -2.20. The van der Waals surface area contributed by atoms with E-state index in [1.165, 1.54) is 0 Å². The molecule has 0 aliphatic rings. The first kappa shape index (κ1) is 19.0. The van der Waals surface area contributed by atoms with Crippen molar-refractivity contribution in [3.05, 3.63) is 0 Å². The highest BCUT2D eigenvalue weighted by atomic mass is 19.4. The molecule has 0 bridgehead atoms. The molecule has 0 heterocycles. The van der Waals surface area contributed by atoms with Gasteiger partial charge < -0.3 is 9.47 Å². The van der Waals surface area contributed by atoms with Crippen LogP contribution in [0, 0.1) is 5.92 Å². The summed E-state index contributed by atoms with van der Waals surface area (Å²) >= 11 is 0. The van der Waals surface area contributed by atoms with Gasteiger partial charge >= 0.3 is 18.3 Å². The maximum absolute atomic E-state index is 12.5. The summed E-state index contributed by atoms with van der Waals surface area (Å²) in [7, 11) is 0. The molecule has 0 aromatic heterocycles. The van der Waals surface area contributed by atoms with E-state index in [4.69, 9.17) is 0 Å². The van der Waals surface area contributed by atoms with Gasteiger partial charge in [-0.1, -0.05) is 13.8 Å². The van der Waals surface area contributed by atoms with Crippen LogP contribution < -0.4 is 0 Å². The Kier molecular flexibility index (Phi) is 7.32. The summed E-state index contributed by atoms with van der Waals surface area (Å²) < 4.78 is 81.2. The second-order valence-corrected chi connectivity index (χ2v) is 4.51. The molecule has 1 unspecified atom stereocenters. The summed E-state index contributed by atoms with van der Waals surface area (Å²) in [5.41, 5.74) is 0. The molecule has 0 saturated heterocycles. The number of carbonyl (C=O) groups is 1. The van der Waals surface area contributed by atoms with Gasteiger partial charge in [0.1, 0.15) is 0 Å². The van der Waals surface area contributed by atoms with E-state index >= 15 is 0 Å². The van der Waals surface area contributed by atoms with E-state index in [0.29, 0.717) is 6.42 Å². The second kappa shape index (κ2) is 7.70. The lowest BCUT2D eigenvalue weighted by molar-refractivity contribution is -0.237. The highest BCUT2D eigenvalue weighted by Gasteiger charge is 2.47. The van der Waals surface area contributed by atoms with Gasteiger partial charge in [-0.25, -0.2) is 4.79 Å². The molecular formula is C11H16F6O3. The zero-order valence-electron chi connectivity index (χ0n) is 11.0. The molecule has 0 N–H and O–H groups in total. The molecule has 0 spiro atoms. The molecule has 1 atom stereocenters. The van der Waals surface area contributed by atoms with E-state index in [9.17, 15) is 31.1 Å². The van der Waals surface area contributed by atoms with Gasteiger partial charge in [-0.15, -0.1) is 0 Å². The van der Waals surface area contributed by atoms with E-state index in [-0.39, 0.29) is 12.5 Å². The van der Waals surface area contributed by atoms with Crippen molar-refractivity contribution in [1.82, 2.24) is 0 Å². The number of ether oxygens (including phenoxy) is 2. The van der Waals surface area contributed by atoms with Crippen molar-refractivity contribution < 1.29 is 40.6 Å². The van der Waals surface area contributed by atoms with Gasteiger partial charge in [0.15, 0.2) is 0 Å². The Labute approximate surface area is 112 Å². The molecule has 0 aliphatic heterocycles. The zero-order chi connectivity index (χ0) is 16.0. The van der Waals surface area contributed by atoms with Gasteiger partial charge in [0.2, 0.25) is 0 Å². The molecule has 0 aliphatic carbocycles. The fourth-order valence-electron chi connectivity index (χ4n) is 1.06. The molecule has 0 aromatic carbocycles. The van der Waals surface area contributed by atoms with E-state index in [1.54, 1.807) is 13.8 Å². The van der Waals surface area contributed by atoms with Crippen LogP contribution in [-0.2, 0) is 14.3 Å². The highest BCUT2D eigenvalue weighted by Crippen LogP contribution is 2.26. The molecule has 0 radical (unpaired) electrons. The highest BCUT2D eigenvalue weighted by molar-refractivity contribution is 5.75. The lowest BCUT2D eigenvalue weighted by Crippen LogP contribution is -2.41. The maximum Gasteiger partial charge on any atom is 0.425 e. The third-order valence-corrected chi connectivity index (χ3v) is 2.12. The predicted molar refractivity (Wildman–Crippen MR) is 56.9 cm³/mol. The van der Waals surface area contributed by atoms with E-state index in [2.05, 4.69) is 9.47 Å². The van der Waals surface area contributed by atoms with Crippen LogP contribution in [0.3, 0.4) is 0 Å². The summed E-state index contributed by atoms with van der Waals surface area (Å²) in [4.78, 5) is 11.2. The van der Waals surface area contributed by atoms with E-state index in [1.807, 2.05) is 0 Å². The number of esters is 1. The Morgan fingerprint density at radius 1 is 1.05 bits per heavy atom. The predicted octanol–water partition coefficient (Wildman–Crippen LogP) is 3.48. The number of carbonyl (C=O) groups excluding carboxylic acids is 1. The minimum atomic E-state index is -5.11. The standard InChI is InChI=1S/C11H16F6O3/c1-7(2)3-5-20-9(18)8(11(15,16)17)19-6-4-10(12,13)14/h7-8H,3-6H2,1-2H3. The van der Waals surface area contributed by atoms with Crippen LogP contribution in [0.1, 0.15) is 26.7 Å². The van der Waals surface area contributed by atoms with Crippen molar-refractivity contribution in [2.24, 2.45) is 5.92 Å². The number of alkyl halides is 6. The van der Waals surface area contributed by atoms with Crippen LogP contribution in [0.15, 0.2) is 0 Å². The van der Waals surface area contributed by atoms with Gasteiger partial charge in [-0.2, -0.15) is 26.3 Å². The van der Waals surface area contributed by atoms with Gasteiger partial charge in [0.05, 0.1) is 19.6 Å². The smallest absolute Gasteiger partial charge is 0.425 e. The lowest BCUT2D eigenvalue weighted by atomic mass is 10.1. The maximum atomic E-state index is 12.5. The number of hydrogen-bond donors (Lipinski definition) is 0.